The average molecular weight is 172 g/mol. The largest absolute Gasteiger partial charge is 0.432 e. The van der Waals surface area contributed by atoms with Crippen LogP contribution < -0.4 is 5.73 Å². The lowest BCUT2D eigenvalue weighted by molar-refractivity contribution is -0.393. The van der Waals surface area contributed by atoms with Crippen molar-refractivity contribution in [3.05, 3.63) is 22.5 Å². The molecule has 1 rings (SSSR count). The van der Waals surface area contributed by atoms with E-state index in [1.807, 2.05) is 0 Å². The number of hydrogen-bond donors (Lipinski definition) is 2. The summed E-state index contributed by atoms with van der Waals surface area (Å²) in [5.74, 6) is -0.551. The van der Waals surface area contributed by atoms with Gasteiger partial charge in [0.25, 0.3) is 0 Å². The Labute approximate surface area is 67.8 Å². The third-order valence-electron chi connectivity index (χ3n) is 0.657. The molecule has 0 radical (unpaired) electrons. The molecular weight excluding hydrogens is 164 g/mol. The Balaban J connectivity index is 0.000000261. The standard InChI is InChI=1S/C3H3N3O2.C2H5NO/c7-6(8)3-4-1-2-5-3;1-2(3)4/h1-2H,(H,4,5);1H3,(H2,3,4). The lowest BCUT2D eigenvalue weighted by Gasteiger charge is -1.83. The van der Waals surface area contributed by atoms with Crippen LogP contribution in [-0.2, 0) is 4.79 Å². The van der Waals surface area contributed by atoms with Gasteiger partial charge in [0.15, 0.2) is 0 Å². The fourth-order valence-electron chi connectivity index (χ4n) is 0.357. The van der Waals surface area contributed by atoms with E-state index in [2.05, 4.69) is 15.7 Å². The third kappa shape index (κ3) is 4.91. The fourth-order valence-corrected chi connectivity index (χ4v) is 0.357. The minimum atomic E-state index is -0.583. The van der Waals surface area contributed by atoms with Gasteiger partial charge in [-0.2, -0.15) is 0 Å². The lowest BCUT2D eigenvalue weighted by Crippen LogP contribution is -2.01. The van der Waals surface area contributed by atoms with Crippen molar-refractivity contribution in [1.29, 1.82) is 0 Å². The Morgan fingerprint density at radius 1 is 1.83 bits per heavy atom. The predicted molar refractivity (Wildman–Crippen MR) is 40.1 cm³/mol. The summed E-state index contributed by atoms with van der Waals surface area (Å²) >= 11 is 0. The normalized spacial score (nSPS) is 8.08. The van der Waals surface area contributed by atoms with Crippen molar-refractivity contribution in [3.63, 3.8) is 0 Å². The molecule has 0 aromatic carbocycles. The van der Waals surface area contributed by atoms with Crippen molar-refractivity contribution in [2.45, 2.75) is 6.92 Å². The van der Waals surface area contributed by atoms with E-state index in [4.69, 9.17) is 0 Å². The summed E-state index contributed by atoms with van der Waals surface area (Å²) in [5.41, 5.74) is 4.47. The smallest absolute Gasteiger partial charge is 0.390 e. The number of imidazole rings is 1. The van der Waals surface area contributed by atoms with Gasteiger partial charge in [-0.3, -0.25) is 4.79 Å². The first-order chi connectivity index (χ1) is 5.54. The summed E-state index contributed by atoms with van der Waals surface area (Å²) in [7, 11) is 0. The fraction of sp³-hybridized carbons (Fsp3) is 0.200. The summed E-state index contributed by atoms with van der Waals surface area (Å²) in [4.78, 5) is 24.1. The molecule has 0 fully saturated rings. The van der Waals surface area contributed by atoms with E-state index in [1.54, 1.807) is 0 Å². The number of H-pyrrole nitrogens is 1. The highest BCUT2D eigenvalue weighted by atomic mass is 16.6. The van der Waals surface area contributed by atoms with Crippen LogP contribution in [0, 0.1) is 10.1 Å². The molecule has 0 aliphatic rings. The topological polar surface area (TPSA) is 115 Å². The Morgan fingerprint density at radius 3 is 2.50 bits per heavy atom. The van der Waals surface area contributed by atoms with Crippen LogP contribution in [0.1, 0.15) is 6.92 Å². The van der Waals surface area contributed by atoms with Crippen LogP contribution in [0.4, 0.5) is 5.95 Å². The van der Waals surface area contributed by atoms with Crippen LogP contribution in [0.3, 0.4) is 0 Å². The van der Waals surface area contributed by atoms with Gasteiger partial charge in [-0.25, -0.2) is 4.98 Å². The van der Waals surface area contributed by atoms with E-state index < -0.39 is 4.92 Å². The van der Waals surface area contributed by atoms with E-state index in [1.165, 1.54) is 19.3 Å². The predicted octanol–water partition coefficient (Wildman–Crippen LogP) is -0.191. The number of aromatic amines is 1. The Morgan fingerprint density at radius 2 is 2.33 bits per heavy atom. The SMILES string of the molecule is CC(N)=O.O=[N+]([O-])c1ncc[nH]1. The van der Waals surface area contributed by atoms with E-state index in [9.17, 15) is 14.9 Å². The number of aromatic nitrogens is 2. The van der Waals surface area contributed by atoms with Crippen molar-refractivity contribution in [2.24, 2.45) is 5.73 Å². The molecular formula is C5H8N4O3. The lowest BCUT2D eigenvalue weighted by atomic mass is 10.8. The molecule has 1 aromatic rings. The molecule has 7 heteroatoms. The monoisotopic (exact) mass is 172 g/mol. The molecule has 0 bridgehead atoms. The molecule has 12 heavy (non-hydrogen) atoms. The number of carbonyl (C=O) groups is 1. The zero-order valence-corrected chi connectivity index (χ0v) is 6.35. The van der Waals surface area contributed by atoms with Crippen LogP contribution in [0.25, 0.3) is 0 Å². The van der Waals surface area contributed by atoms with Gasteiger partial charge in [0.2, 0.25) is 5.91 Å². The number of carbonyl (C=O) groups excluding carboxylic acids is 1. The van der Waals surface area contributed by atoms with Gasteiger partial charge in [-0.15, -0.1) is 0 Å². The van der Waals surface area contributed by atoms with Gasteiger partial charge >= 0.3 is 5.95 Å². The maximum atomic E-state index is 9.77. The molecule has 0 atom stereocenters. The summed E-state index contributed by atoms with van der Waals surface area (Å²) < 4.78 is 0. The number of primary amides is 1. The zero-order chi connectivity index (χ0) is 9.56. The highest BCUT2D eigenvalue weighted by molar-refractivity contribution is 5.70. The molecule has 66 valence electrons. The Kier molecular flexibility index (Phi) is 4.06. The maximum absolute atomic E-state index is 9.77. The molecule has 0 saturated carbocycles. The number of nitro groups is 1. The van der Waals surface area contributed by atoms with Gasteiger partial charge in [-0.1, -0.05) is 4.98 Å². The molecule has 0 spiro atoms. The molecule has 0 saturated heterocycles. The number of hydrogen-bond acceptors (Lipinski definition) is 4. The quantitative estimate of drug-likeness (QED) is 0.451. The second-order valence-electron chi connectivity index (χ2n) is 1.78. The Bertz CT molecular complexity index is 252. The van der Waals surface area contributed by atoms with Crippen LogP contribution in [-0.4, -0.2) is 20.8 Å². The van der Waals surface area contributed by atoms with E-state index in [0.717, 1.165) is 0 Å². The van der Waals surface area contributed by atoms with Gasteiger partial charge in [-0.05, 0) is 4.92 Å². The zero-order valence-electron chi connectivity index (χ0n) is 6.35. The number of nitrogens with zero attached hydrogens (tertiary/aromatic N) is 2. The summed E-state index contributed by atoms with van der Waals surface area (Å²) in [5, 5.41) is 9.77. The first-order valence-electron chi connectivity index (χ1n) is 2.94. The number of amides is 1. The highest BCUT2D eigenvalue weighted by Crippen LogP contribution is 1.96. The molecule has 1 heterocycles. The maximum Gasteiger partial charge on any atom is 0.432 e. The molecule has 0 aliphatic carbocycles. The minimum absolute atomic E-state index is 0.218. The average Bonchev–Trinajstić information content (AvgIpc) is 2.34. The van der Waals surface area contributed by atoms with Crippen molar-refractivity contribution in [1.82, 2.24) is 9.97 Å². The summed E-state index contributed by atoms with van der Waals surface area (Å²) in [6.07, 6.45) is 2.73. The van der Waals surface area contributed by atoms with E-state index in [0.29, 0.717) is 0 Å². The highest BCUT2D eigenvalue weighted by Gasteiger charge is 2.01. The van der Waals surface area contributed by atoms with Crippen LogP contribution in [0.2, 0.25) is 0 Å². The van der Waals surface area contributed by atoms with Gasteiger partial charge in [0.05, 0.1) is 6.20 Å². The van der Waals surface area contributed by atoms with Crippen molar-refractivity contribution in [2.75, 3.05) is 0 Å². The number of nitrogens with one attached hydrogen (secondary N) is 1. The molecule has 3 N–H and O–H groups in total. The van der Waals surface area contributed by atoms with Gasteiger partial charge in [0.1, 0.15) is 6.20 Å². The third-order valence-corrected chi connectivity index (χ3v) is 0.657. The number of nitrogens with two attached hydrogens (primary N) is 1. The Hall–Kier alpha value is -1.92. The van der Waals surface area contributed by atoms with Crippen molar-refractivity contribution in [3.8, 4) is 0 Å². The molecule has 1 aromatic heterocycles. The molecule has 0 aliphatic heterocycles. The second-order valence-corrected chi connectivity index (χ2v) is 1.78. The van der Waals surface area contributed by atoms with Crippen molar-refractivity contribution < 1.29 is 9.72 Å². The summed E-state index contributed by atoms with van der Waals surface area (Å²) in [6.45, 7) is 1.31. The van der Waals surface area contributed by atoms with Crippen LogP contribution in [0.15, 0.2) is 12.4 Å². The first kappa shape index (κ1) is 10.1. The molecule has 0 unspecified atom stereocenters. The minimum Gasteiger partial charge on any atom is -0.390 e. The number of rotatable bonds is 1. The van der Waals surface area contributed by atoms with Gasteiger partial charge in [0, 0.05) is 6.92 Å². The van der Waals surface area contributed by atoms with Crippen LogP contribution in [0.5, 0.6) is 0 Å². The molecule has 7 nitrogen and oxygen atoms in total. The van der Waals surface area contributed by atoms with E-state index in [-0.39, 0.29) is 11.9 Å². The van der Waals surface area contributed by atoms with Crippen LogP contribution >= 0.6 is 0 Å². The summed E-state index contributed by atoms with van der Waals surface area (Å²) in [6, 6.07) is 0. The second kappa shape index (κ2) is 4.83. The molecule has 1 amide bonds. The first-order valence-corrected chi connectivity index (χ1v) is 2.94. The van der Waals surface area contributed by atoms with Gasteiger partial charge < -0.3 is 15.8 Å². The van der Waals surface area contributed by atoms with Crippen molar-refractivity contribution >= 4 is 11.9 Å². The van der Waals surface area contributed by atoms with E-state index >= 15 is 0 Å².